The number of nitrogens with zero attached hydrogens (tertiary/aromatic N) is 3. The molecule has 1 aliphatic heterocycles. The molecule has 1 N–H and O–H groups in total. The van der Waals surface area contributed by atoms with E-state index >= 15 is 0 Å². The van der Waals surface area contributed by atoms with E-state index in [0.29, 0.717) is 5.92 Å². The molecule has 1 unspecified atom stereocenters. The van der Waals surface area contributed by atoms with Gasteiger partial charge in [0.2, 0.25) is 0 Å². The van der Waals surface area contributed by atoms with Crippen molar-refractivity contribution in [3.8, 4) is 11.3 Å². The fraction of sp³-hybridized carbons (Fsp3) is 0.429. The Labute approximate surface area is 107 Å². The lowest BCUT2D eigenvalue weighted by Gasteiger charge is -2.20. The van der Waals surface area contributed by atoms with Crippen LogP contribution in [0.3, 0.4) is 0 Å². The van der Waals surface area contributed by atoms with Crippen LogP contribution in [0.15, 0.2) is 30.6 Å². The number of hydrogen-bond donors (Lipinski definition) is 1. The third-order valence-electron chi connectivity index (χ3n) is 3.57. The van der Waals surface area contributed by atoms with Gasteiger partial charge < -0.3 is 5.32 Å². The second-order valence-corrected chi connectivity index (χ2v) is 4.86. The van der Waals surface area contributed by atoms with Gasteiger partial charge in [-0.2, -0.15) is 5.10 Å². The smallest absolute Gasteiger partial charge is 0.0697 e. The van der Waals surface area contributed by atoms with Crippen LogP contribution < -0.4 is 5.32 Å². The highest BCUT2D eigenvalue weighted by molar-refractivity contribution is 5.58. The van der Waals surface area contributed by atoms with E-state index in [-0.39, 0.29) is 0 Å². The van der Waals surface area contributed by atoms with Crippen molar-refractivity contribution in [2.75, 3.05) is 13.1 Å². The van der Waals surface area contributed by atoms with Crippen LogP contribution in [-0.4, -0.2) is 27.9 Å². The summed E-state index contributed by atoms with van der Waals surface area (Å²) in [5.41, 5.74) is 3.47. The highest BCUT2D eigenvalue weighted by atomic mass is 15.3. The lowest BCUT2D eigenvalue weighted by atomic mass is 9.96. The van der Waals surface area contributed by atoms with E-state index in [0.717, 1.165) is 24.3 Å². The van der Waals surface area contributed by atoms with Gasteiger partial charge in [-0.05, 0) is 37.6 Å². The molecule has 0 bridgehead atoms. The molecule has 1 atom stereocenters. The molecular weight excluding hydrogens is 224 g/mol. The van der Waals surface area contributed by atoms with Crippen LogP contribution in [-0.2, 0) is 7.05 Å². The van der Waals surface area contributed by atoms with Gasteiger partial charge in [0.1, 0.15) is 0 Å². The van der Waals surface area contributed by atoms with Crippen LogP contribution in [0.2, 0.25) is 0 Å². The van der Waals surface area contributed by atoms with E-state index < -0.39 is 0 Å². The Morgan fingerprint density at radius 3 is 3.11 bits per heavy atom. The van der Waals surface area contributed by atoms with Gasteiger partial charge in [0, 0.05) is 37.5 Å². The summed E-state index contributed by atoms with van der Waals surface area (Å²) in [4.78, 5) is 4.17. The third-order valence-corrected chi connectivity index (χ3v) is 3.57. The Balaban J connectivity index is 1.91. The molecule has 4 nitrogen and oxygen atoms in total. The minimum absolute atomic E-state index is 0.551. The highest BCUT2D eigenvalue weighted by Crippen LogP contribution is 2.26. The number of rotatable bonds is 2. The summed E-state index contributed by atoms with van der Waals surface area (Å²) in [5.74, 6) is 0.551. The Bertz CT molecular complexity index is 512. The molecule has 1 saturated heterocycles. The first-order valence-corrected chi connectivity index (χ1v) is 6.49. The number of piperidine rings is 1. The van der Waals surface area contributed by atoms with Crippen molar-refractivity contribution in [1.82, 2.24) is 20.1 Å². The topological polar surface area (TPSA) is 42.7 Å². The summed E-state index contributed by atoms with van der Waals surface area (Å²) in [6, 6.07) is 6.24. The van der Waals surface area contributed by atoms with E-state index in [1.807, 2.05) is 24.0 Å². The summed E-state index contributed by atoms with van der Waals surface area (Å²) in [6.45, 7) is 2.18. The van der Waals surface area contributed by atoms with Crippen LogP contribution in [0.1, 0.15) is 24.5 Å². The van der Waals surface area contributed by atoms with Crippen molar-refractivity contribution in [2.45, 2.75) is 18.8 Å². The Morgan fingerprint density at radius 2 is 2.39 bits per heavy atom. The van der Waals surface area contributed by atoms with E-state index in [4.69, 9.17) is 0 Å². The maximum atomic E-state index is 4.66. The monoisotopic (exact) mass is 242 g/mol. The largest absolute Gasteiger partial charge is 0.316 e. The SMILES string of the molecule is Cn1nc(C2CCCNC2)cc1-c1cccnc1. The lowest BCUT2D eigenvalue weighted by molar-refractivity contribution is 0.451. The summed E-state index contributed by atoms with van der Waals surface area (Å²) in [7, 11) is 2.00. The fourth-order valence-corrected chi connectivity index (χ4v) is 2.58. The minimum atomic E-state index is 0.551. The molecular formula is C14H18N4. The minimum Gasteiger partial charge on any atom is -0.316 e. The predicted molar refractivity (Wildman–Crippen MR) is 71.3 cm³/mol. The van der Waals surface area contributed by atoms with Crippen molar-refractivity contribution >= 4 is 0 Å². The number of aromatic nitrogens is 3. The first kappa shape index (κ1) is 11.4. The van der Waals surface area contributed by atoms with Gasteiger partial charge in [-0.1, -0.05) is 0 Å². The molecule has 3 rings (SSSR count). The average molecular weight is 242 g/mol. The van der Waals surface area contributed by atoms with E-state index in [1.54, 1.807) is 6.20 Å². The zero-order chi connectivity index (χ0) is 12.4. The van der Waals surface area contributed by atoms with Crippen molar-refractivity contribution in [3.63, 3.8) is 0 Å². The summed E-state index contributed by atoms with van der Waals surface area (Å²) < 4.78 is 1.96. The lowest BCUT2D eigenvalue weighted by Crippen LogP contribution is -2.28. The molecule has 0 radical (unpaired) electrons. The molecule has 4 heteroatoms. The van der Waals surface area contributed by atoms with Gasteiger partial charge in [0.15, 0.2) is 0 Å². The van der Waals surface area contributed by atoms with Crippen molar-refractivity contribution in [3.05, 3.63) is 36.3 Å². The van der Waals surface area contributed by atoms with Gasteiger partial charge in [-0.15, -0.1) is 0 Å². The van der Waals surface area contributed by atoms with Crippen LogP contribution in [0, 0.1) is 0 Å². The average Bonchev–Trinajstić information content (AvgIpc) is 2.83. The van der Waals surface area contributed by atoms with Crippen LogP contribution in [0.5, 0.6) is 0 Å². The number of hydrogen-bond acceptors (Lipinski definition) is 3. The van der Waals surface area contributed by atoms with Gasteiger partial charge in [0.25, 0.3) is 0 Å². The van der Waals surface area contributed by atoms with Gasteiger partial charge in [-0.3, -0.25) is 9.67 Å². The first-order valence-electron chi connectivity index (χ1n) is 6.49. The van der Waals surface area contributed by atoms with E-state index in [1.165, 1.54) is 18.5 Å². The highest BCUT2D eigenvalue weighted by Gasteiger charge is 2.19. The molecule has 3 heterocycles. The second kappa shape index (κ2) is 4.90. The Kier molecular flexibility index (Phi) is 3.11. The molecule has 0 aliphatic carbocycles. The number of nitrogens with one attached hydrogen (secondary N) is 1. The Morgan fingerprint density at radius 1 is 1.44 bits per heavy atom. The number of pyridine rings is 1. The third kappa shape index (κ3) is 2.16. The molecule has 0 aromatic carbocycles. The zero-order valence-electron chi connectivity index (χ0n) is 10.6. The van der Waals surface area contributed by atoms with Gasteiger partial charge >= 0.3 is 0 Å². The second-order valence-electron chi connectivity index (χ2n) is 4.86. The zero-order valence-corrected chi connectivity index (χ0v) is 10.6. The van der Waals surface area contributed by atoms with Crippen LogP contribution >= 0.6 is 0 Å². The van der Waals surface area contributed by atoms with Gasteiger partial charge in [0.05, 0.1) is 11.4 Å². The summed E-state index contributed by atoms with van der Waals surface area (Å²) in [5, 5.41) is 8.10. The van der Waals surface area contributed by atoms with E-state index in [2.05, 4.69) is 27.5 Å². The van der Waals surface area contributed by atoms with Gasteiger partial charge in [-0.25, -0.2) is 0 Å². The van der Waals surface area contributed by atoms with Crippen molar-refractivity contribution in [2.24, 2.45) is 7.05 Å². The normalized spacial score (nSPS) is 19.9. The fourth-order valence-electron chi connectivity index (χ4n) is 2.58. The first-order chi connectivity index (χ1) is 8.84. The predicted octanol–water partition coefficient (Wildman–Crippen LogP) is 1.95. The molecule has 94 valence electrons. The van der Waals surface area contributed by atoms with E-state index in [9.17, 15) is 0 Å². The molecule has 18 heavy (non-hydrogen) atoms. The summed E-state index contributed by atoms with van der Waals surface area (Å²) in [6.07, 6.45) is 6.16. The van der Waals surface area contributed by atoms with Crippen molar-refractivity contribution in [1.29, 1.82) is 0 Å². The van der Waals surface area contributed by atoms with Crippen LogP contribution in [0.25, 0.3) is 11.3 Å². The maximum absolute atomic E-state index is 4.66. The molecule has 2 aromatic rings. The molecule has 0 spiro atoms. The molecule has 1 fully saturated rings. The number of aryl methyl sites for hydroxylation is 1. The molecule has 0 amide bonds. The quantitative estimate of drug-likeness (QED) is 0.875. The molecule has 0 saturated carbocycles. The standard InChI is InChI=1S/C14H18N4/c1-18-14(12-5-3-7-16-10-12)8-13(17-18)11-4-2-6-15-9-11/h3,5,7-8,10-11,15H,2,4,6,9H2,1H3. The molecule has 2 aromatic heterocycles. The maximum Gasteiger partial charge on any atom is 0.0697 e. The molecule has 1 aliphatic rings. The summed E-state index contributed by atoms with van der Waals surface area (Å²) >= 11 is 0. The van der Waals surface area contributed by atoms with Crippen LogP contribution in [0.4, 0.5) is 0 Å². The van der Waals surface area contributed by atoms with Crippen molar-refractivity contribution < 1.29 is 0 Å². The Hall–Kier alpha value is -1.68.